The van der Waals surface area contributed by atoms with Gasteiger partial charge in [-0.25, -0.2) is 0 Å². The Bertz CT molecular complexity index is 1500. The van der Waals surface area contributed by atoms with E-state index < -0.39 is 27.1 Å². The molecule has 0 saturated carbocycles. The molecule has 2 amide bonds. The molecule has 0 radical (unpaired) electrons. The third kappa shape index (κ3) is 4.73. The van der Waals surface area contributed by atoms with E-state index in [9.17, 15) is 29.8 Å². The van der Waals surface area contributed by atoms with Crippen LogP contribution in [0.2, 0.25) is 0 Å². The zero-order valence-electron chi connectivity index (χ0n) is 19.1. The summed E-state index contributed by atoms with van der Waals surface area (Å²) in [4.78, 5) is 48.2. The van der Waals surface area contributed by atoms with Crippen molar-refractivity contribution in [1.82, 2.24) is 0 Å². The van der Waals surface area contributed by atoms with Crippen molar-refractivity contribution < 1.29 is 19.4 Å². The maximum Gasteiger partial charge on any atom is 0.289 e. The molecule has 36 heavy (non-hydrogen) atoms. The summed E-state index contributed by atoms with van der Waals surface area (Å²) in [6, 6.07) is 22.5. The van der Waals surface area contributed by atoms with Gasteiger partial charge in [-0.3, -0.25) is 29.8 Å². The van der Waals surface area contributed by atoms with Crippen LogP contribution >= 0.6 is 0 Å². The largest absolute Gasteiger partial charge is 0.322 e. The van der Waals surface area contributed by atoms with Crippen molar-refractivity contribution in [1.29, 1.82) is 0 Å². The first kappa shape index (κ1) is 24.0. The lowest BCUT2D eigenvalue weighted by Crippen LogP contribution is -2.30. The highest BCUT2D eigenvalue weighted by molar-refractivity contribution is 6.11. The van der Waals surface area contributed by atoms with Gasteiger partial charge >= 0.3 is 0 Å². The summed E-state index contributed by atoms with van der Waals surface area (Å²) in [6.07, 6.45) is 0. The molecule has 0 heterocycles. The van der Waals surface area contributed by atoms with Crippen LogP contribution in [-0.2, 0) is 0 Å². The molecule has 4 aromatic carbocycles. The van der Waals surface area contributed by atoms with Gasteiger partial charge in [0.25, 0.3) is 23.2 Å². The Hall–Kier alpha value is -5.12. The summed E-state index contributed by atoms with van der Waals surface area (Å²) >= 11 is 0. The number of nitro groups is 2. The van der Waals surface area contributed by atoms with Crippen LogP contribution in [0.25, 0.3) is 10.8 Å². The summed E-state index contributed by atoms with van der Waals surface area (Å²) < 4.78 is 0. The maximum atomic E-state index is 13.3. The Morgan fingerprint density at radius 1 is 0.861 bits per heavy atom. The van der Waals surface area contributed by atoms with Crippen LogP contribution in [0.3, 0.4) is 0 Å². The molecule has 0 unspecified atom stereocenters. The van der Waals surface area contributed by atoms with Crippen molar-refractivity contribution in [3.8, 4) is 0 Å². The highest BCUT2D eigenvalue weighted by Crippen LogP contribution is 2.29. The van der Waals surface area contributed by atoms with E-state index in [0.29, 0.717) is 17.8 Å². The first-order chi connectivity index (χ1) is 17.3. The number of carbonyl (C=O) groups is 2. The smallest absolute Gasteiger partial charge is 0.289 e. The highest BCUT2D eigenvalue weighted by Gasteiger charge is 2.24. The monoisotopic (exact) mass is 484 g/mol. The van der Waals surface area contributed by atoms with Gasteiger partial charge in [0.2, 0.25) is 0 Å². The van der Waals surface area contributed by atoms with E-state index in [1.807, 2.05) is 49.4 Å². The number of nitro benzene ring substituents is 2. The molecule has 10 heteroatoms. The third-order valence-corrected chi connectivity index (χ3v) is 5.64. The molecule has 0 aliphatic carbocycles. The van der Waals surface area contributed by atoms with Crippen LogP contribution in [0.5, 0.6) is 0 Å². The van der Waals surface area contributed by atoms with Gasteiger partial charge < -0.3 is 10.2 Å². The van der Waals surface area contributed by atoms with Crippen LogP contribution in [-0.4, -0.2) is 28.2 Å². The van der Waals surface area contributed by atoms with Gasteiger partial charge in [-0.2, -0.15) is 0 Å². The summed E-state index contributed by atoms with van der Waals surface area (Å²) in [5.41, 5.74) is -0.0150. The van der Waals surface area contributed by atoms with E-state index in [1.54, 1.807) is 17.0 Å². The Kier molecular flexibility index (Phi) is 6.68. The maximum absolute atomic E-state index is 13.3. The molecule has 0 fully saturated rings. The number of non-ortho nitro benzene ring substituents is 1. The van der Waals surface area contributed by atoms with Crippen LogP contribution in [0.4, 0.5) is 22.7 Å². The average Bonchev–Trinajstić information content (AvgIpc) is 2.89. The number of rotatable bonds is 7. The van der Waals surface area contributed by atoms with Gasteiger partial charge in [0, 0.05) is 29.2 Å². The first-order valence-corrected chi connectivity index (χ1v) is 10.9. The fourth-order valence-electron chi connectivity index (χ4n) is 3.89. The molecule has 180 valence electrons. The predicted molar refractivity (Wildman–Crippen MR) is 135 cm³/mol. The van der Waals surface area contributed by atoms with E-state index >= 15 is 0 Å². The van der Waals surface area contributed by atoms with Gasteiger partial charge in [0.05, 0.1) is 21.6 Å². The second-order valence-corrected chi connectivity index (χ2v) is 7.79. The highest BCUT2D eigenvalue weighted by atomic mass is 16.6. The lowest BCUT2D eigenvalue weighted by Gasteiger charge is -2.23. The zero-order chi connectivity index (χ0) is 25.8. The second kappa shape index (κ2) is 10.0. The molecule has 4 rings (SSSR count). The molecular formula is C26H20N4O6. The van der Waals surface area contributed by atoms with Gasteiger partial charge in [-0.1, -0.05) is 36.4 Å². The number of fused-ring (bicyclic) bond motifs is 1. The van der Waals surface area contributed by atoms with Crippen molar-refractivity contribution in [2.75, 3.05) is 16.8 Å². The normalized spacial score (nSPS) is 10.6. The number of anilines is 2. The fraction of sp³-hybridized carbons (Fsp3) is 0.0769. The van der Waals surface area contributed by atoms with Crippen molar-refractivity contribution in [2.45, 2.75) is 6.92 Å². The van der Waals surface area contributed by atoms with Gasteiger partial charge in [0.1, 0.15) is 5.56 Å². The molecule has 0 aliphatic heterocycles. The minimum atomic E-state index is -0.851. The lowest BCUT2D eigenvalue weighted by molar-refractivity contribution is -0.394. The van der Waals surface area contributed by atoms with Crippen molar-refractivity contribution in [3.05, 3.63) is 116 Å². The lowest BCUT2D eigenvalue weighted by atomic mass is 10.1. The molecule has 1 N–H and O–H groups in total. The predicted octanol–water partition coefficient (Wildman–Crippen LogP) is 5.58. The molecule has 10 nitrogen and oxygen atoms in total. The molecule has 0 spiro atoms. The number of hydrogen-bond donors (Lipinski definition) is 1. The van der Waals surface area contributed by atoms with Crippen LogP contribution in [0, 0.1) is 20.2 Å². The minimum absolute atomic E-state index is 0.224. The topological polar surface area (TPSA) is 136 Å². The van der Waals surface area contributed by atoms with Crippen molar-refractivity contribution in [3.63, 3.8) is 0 Å². The number of nitrogens with one attached hydrogen (secondary N) is 1. The summed E-state index contributed by atoms with van der Waals surface area (Å²) in [7, 11) is 0. The molecule has 4 aromatic rings. The number of carbonyl (C=O) groups excluding carboxylic acids is 2. The fourth-order valence-corrected chi connectivity index (χ4v) is 3.89. The van der Waals surface area contributed by atoms with E-state index in [4.69, 9.17) is 0 Å². The number of nitrogens with zero attached hydrogens (tertiary/aromatic N) is 3. The zero-order valence-corrected chi connectivity index (χ0v) is 19.1. The Labute approximate surface area is 205 Å². The average molecular weight is 484 g/mol. The minimum Gasteiger partial charge on any atom is -0.322 e. The molecular weight excluding hydrogens is 464 g/mol. The van der Waals surface area contributed by atoms with Gasteiger partial charge in [-0.15, -0.1) is 0 Å². The molecule has 0 bridgehead atoms. The number of benzene rings is 4. The van der Waals surface area contributed by atoms with Crippen LogP contribution < -0.4 is 10.2 Å². The van der Waals surface area contributed by atoms with Gasteiger partial charge in [0.15, 0.2) is 0 Å². The van der Waals surface area contributed by atoms with Gasteiger partial charge in [-0.05, 0) is 48.7 Å². The van der Waals surface area contributed by atoms with E-state index in [2.05, 4.69) is 5.32 Å². The molecule has 0 aliphatic rings. The quantitative estimate of drug-likeness (QED) is 0.269. The number of amides is 2. The Balaban J connectivity index is 1.56. The van der Waals surface area contributed by atoms with Crippen LogP contribution in [0.1, 0.15) is 27.6 Å². The molecule has 0 atom stereocenters. The Morgan fingerprint density at radius 3 is 2.22 bits per heavy atom. The standard InChI is InChI=1S/C26H20N4O6/c1-2-28(23-9-5-7-17-6-3-4-8-21(17)23)26(32)18-10-12-19(13-11-18)27-25(31)22-15-14-20(29(33)34)16-24(22)30(35)36/h3-16H,2H2,1H3,(H,27,31). The SMILES string of the molecule is CCN(C(=O)c1ccc(NC(=O)c2ccc([N+](=O)[O-])cc2[N+](=O)[O-])cc1)c1cccc2ccccc12. The third-order valence-electron chi connectivity index (χ3n) is 5.64. The summed E-state index contributed by atoms with van der Waals surface area (Å²) in [6.45, 7) is 2.32. The van der Waals surface area contributed by atoms with E-state index in [0.717, 1.165) is 34.7 Å². The summed E-state index contributed by atoms with van der Waals surface area (Å²) in [5, 5.41) is 26.7. The van der Waals surface area contributed by atoms with Crippen molar-refractivity contribution in [2.24, 2.45) is 0 Å². The van der Waals surface area contributed by atoms with E-state index in [1.165, 1.54) is 12.1 Å². The van der Waals surface area contributed by atoms with Crippen molar-refractivity contribution >= 4 is 45.3 Å². The molecule has 0 aromatic heterocycles. The van der Waals surface area contributed by atoms with E-state index in [-0.39, 0.29) is 11.5 Å². The second-order valence-electron chi connectivity index (χ2n) is 7.79. The molecule has 0 saturated heterocycles. The van der Waals surface area contributed by atoms with Crippen LogP contribution in [0.15, 0.2) is 84.9 Å². The Morgan fingerprint density at radius 2 is 1.56 bits per heavy atom. The number of hydrogen-bond acceptors (Lipinski definition) is 6. The first-order valence-electron chi connectivity index (χ1n) is 10.9. The summed E-state index contributed by atoms with van der Waals surface area (Å²) in [5.74, 6) is -1.03.